The standard InChI is InChI=1S/C16H31N5/c1-4-9-14-15(19-12-20-16(14)21-17)18-11-8-6-5-7-10-13(2)3/h12-13H,4-11,17H2,1-3H3,(H2,18,19,20,21). The zero-order valence-electron chi connectivity index (χ0n) is 13.8. The van der Waals surface area contributed by atoms with E-state index in [2.05, 4.69) is 41.5 Å². The Morgan fingerprint density at radius 3 is 2.48 bits per heavy atom. The summed E-state index contributed by atoms with van der Waals surface area (Å²) in [4.78, 5) is 8.52. The Labute approximate surface area is 129 Å². The van der Waals surface area contributed by atoms with Gasteiger partial charge in [0.15, 0.2) is 0 Å². The third-order valence-corrected chi connectivity index (χ3v) is 3.58. The fourth-order valence-electron chi connectivity index (χ4n) is 2.41. The van der Waals surface area contributed by atoms with Gasteiger partial charge in [-0.3, -0.25) is 0 Å². The van der Waals surface area contributed by atoms with Crippen LogP contribution in [-0.4, -0.2) is 16.5 Å². The molecule has 0 aliphatic heterocycles. The van der Waals surface area contributed by atoms with Crippen molar-refractivity contribution in [1.29, 1.82) is 0 Å². The molecule has 0 aliphatic rings. The Morgan fingerprint density at radius 1 is 1.10 bits per heavy atom. The van der Waals surface area contributed by atoms with E-state index in [1.165, 1.54) is 32.1 Å². The van der Waals surface area contributed by atoms with Crippen LogP contribution in [0.1, 0.15) is 64.9 Å². The summed E-state index contributed by atoms with van der Waals surface area (Å²) in [6.07, 6.45) is 9.98. The molecule has 0 unspecified atom stereocenters. The third kappa shape index (κ3) is 6.76. The summed E-state index contributed by atoms with van der Waals surface area (Å²) < 4.78 is 0. The Bertz CT molecular complexity index is 392. The van der Waals surface area contributed by atoms with E-state index < -0.39 is 0 Å². The average Bonchev–Trinajstić information content (AvgIpc) is 2.47. The lowest BCUT2D eigenvalue weighted by atomic mass is 10.0. The highest BCUT2D eigenvalue weighted by atomic mass is 15.3. The normalized spacial score (nSPS) is 10.9. The first-order valence-electron chi connectivity index (χ1n) is 8.23. The molecule has 0 atom stereocenters. The van der Waals surface area contributed by atoms with Crippen molar-refractivity contribution in [3.05, 3.63) is 11.9 Å². The van der Waals surface area contributed by atoms with E-state index in [0.29, 0.717) is 0 Å². The summed E-state index contributed by atoms with van der Waals surface area (Å²) in [5.74, 6) is 7.98. The second-order valence-corrected chi connectivity index (χ2v) is 5.97. The molecule has 120 valence electrons. The molecular formula is C16H31N5. The molecule has 1 rings (SSSR count). The van der Waals surface area contributed by atoms with Gasteiger partial charge in [-0.2, -0.15) is 0 Å². The first-order chi connectivity index (χ1) is 10.2. The molecule has 0 radical (unpaired) electrons. The maximum atomic E-state index is 5.52. The van der Waals surface area contributed by atoms with Gasteiger partial charge >= 0.3 is 0 Å². The van der Waals surface area contributed by atoms with Gasteiger partial charge in [-0.1, -0.05) is 52.9 Å². The van der Waals surface area contributed by atoms with Crippen molar-refractivity contribution in [3.8, 4) is 0 Å². The van der Waals surface area contributed by atoms with Crippen LogP contribution in [0.4, 0.5) is 11.6 Å². The number of aromatic nitrogens is 2. The molecule has 0 spiro atoms. The van der Waals surface area contributed by atoms with Crippen LogP contribution < -0.4 is 16.6 Å². The van der Waals surface area contributed by atoms with Crippen LogP contribution in [0.2, 0.25) is 0 Å². The SMILES string of the molecule is CCCc1c(NN)ncnc1NCCCCCCC(C)C. The molecule has 1 heterocycles. The summed E-state index contributed by atoms with van der Waals surface area (Å²) in [5, 5.41) is 3.43. The Hall–Kier alpha value is -1.36. The van der Waals surface area contributed by atoms with Gasteiger partial charge in [-0.05, 0) is 18.8 Å². The Morgan fingerprint density at radius 2 is 1.81 bits per heavy atom. The first kappa shape index (κ1) is 17.7. The molecule has 0 aromatic carbocycles. The minimum atomic E-state index is 0.728. The number of rotatable bonds is 11. The van der Waals surface area contributed by atoms with Crippen LogP contribution in [0.15, 0.2) is 6.33 Å². The smallest absolute Gasteiger partial charge is 0.148 e. The van der Waals surface area contributed by atoms with Crippen molar-refractivity contribution in [2.45, 2.75) is 65.7 Å². The lowest BCUT2D eigenvalue weighted by Gasteiger charge is -2.13. The van der Waals surface area contributed by atoms with E-state index in [4.69, 9.17) is 5.84 Å². The molecule has 0 saturated heterocycles. The van der Waals surface area contributed by atoms with E-state index in [1.54, 1.807) is 6.33 Å². The fourth-order valence-corrected chi connectivity index (χ4v) is 2.41. The van der Waals surface area contributed by atoms with E-state index in [1.807, 2.05) is 0 Å². The lowest BCUT2D eigenvalue weighted by molar-refractivity contribution is 0.523. The van der Waals surface area contributed by atoms with Crippen LogP contribution in [-0.2, 0) is 6.42 Å². The van der Waals surface area contributed by atoms with Crippen LogP contribution >= 0.6 is 0 Å². The number of nitrogens with two attached hydrogens (primary N) is 1. The molecule has 5 heteroatoms. The molecule has 5 nitrogen and oxygen atoms in total. The molecule has 0 saturated carbocycles. The largest absolute Gasteiger partial charge is 0.370 e. The van der Waals surface area contributed by atoms with E-state index >= 15 is 0 Å². The summed E-state index contributed by atoms with van der Waals surface area (Å²) in [5.41, 5.74) is 3.74. The lowest BCUT2D eigenvalue weighted by Crippen LogP contribution is -2.14. The Kier molecular flexibility index (Phi) is 8.74. The van der Waals surface area contributed by atoms with Crippen molar-refractivity contribution in [2.24, 2.45) is 11.8 Å². The highest BCUT2D eigenvalue weighted by Crippen LogP contribution is 2.21. The molecule has 1 aromatic heterocycles. The van der Waals surface area contributed by atoms with Crippen LogP contribution in [0.25, 0.3) is 0 Å². The zero-order valence-corrected chi connectivity index (χ0v) is 13.8. The minimum Gasteiger partial charge on any atom is -0.370 e. The van der Waals surface area contributed by atoms with Gasteiger partial charge in [-0.15, -0.1) is 0 Å². The predicted molar refractivity (Wildman–Crippen MR) is 90.2 cm³/mol. The quantitative estimate of drug-likeness (QED) is 0.329. The molecule has 0 amide bonds. The van der Waals surface area contributed by atoms with Gasteiger partial charge in [0.1, 0.15) is 18.0 Å². The average molecular weight is 293 g/mol. The highest BCUT2D eigenvalue weighted by Gasteiger charge is 2.09. The number of anilines is 2. The summed E-state index contributed by atoms with van der Waals surface area (Å²) in [7, 11) is 0. The van der Waals surface area contributed by atoms with Gasteiger partial charge in [0.25, 0.3) is 0 Å². The molecule has 0 bridgehead atoms. The maximum absolute atomic E-state index is 5.52. The van der Waals surface area contributed by atoms with Gasteiger partial charge in [-0.25, -0.2) is 15.8 Å². The topological polar surface area (TPSA) is 75.9 Å². The summed E-state index contributed by atoms with van der Waals surface area (Å²) in [6, 6.07) is 0. The minimum absolute atomic E-state index is 0.728. The third-order valence-electron chi connectivity index (χ3n) is 3.58. The van der Waals surface area contributed by atoms with Crippen molar-refractivity contribution in [3.63, 3.8) is 0 Å². The molecular weight excluding hydrogens is 262 g/mol. The second-order valence-electron chi connectivity index (χ2n) is 5.97. The number of nitrogens with one attached hydrogen (secondary N) is 2. The Balaban J connectivity index is 2.34. The summed E-state index contributed by atoms with van der Waals surface area (Å²) >= 11 is 0. The number of hydrogen-bond donors (Lipinski definition) is 3. The number of unbranched alkanes of at least 4 members (excludes halogenated alkanes) is 3. The monoisotopic (exact) mass is 293 g/mol. The molecule has 1 aromatic rings. The van der Waals surface area contributed by atoms with Crippen molar-refractivity contribution in [1.82, 2.24) is 9.97 Å². The van der Waals surface area contributed by atoms with E-state index in [-0.39, 0.29) is 0 Å². The van der Waals surface area contributed by atoms with Crippen molar-refractivity contribution >= 4 is 11.6 Å². The van der Waals surface area contributed by atoms with E-state index in [0.717, 1.165) is 42.5 Å². The van der Waals surface area contributed by atoms with Crippen LogP contribution in [0.5, 0.6) is 0 Å². The van der Waals surface area contributed by atoms with Crippen LogP contribution in [0.3, 0.4) is 0 Å². The van der Waals surface area contributed by atoms with Crippen molar-refractivity contribution in [2.75, 3.05) is 17.3 Å². The first-order valence-corrected chi connectivity index (χ1v) is 8.23. The molecule has 21 heavy (non-hydrogen) atoms. The van der Waals surface area contributed by atoms with Gasteiger partial charge in [0.2, 0.25) is 0 Å². The number of hydrogen-bond acceptors (Lipinski definition) is 5. The fraction of sp³-hybridized carbons (Fsp3) is 0.750. The maximum Gasteiger partial charge on any atom is 0.148 e. The molecule has 0 aliphatic carbocycles. The summed E-state index contributed by atoms with van der Waals surface area (Å²) in [6.45, 7) is 7.68. The van der Waals surface area contributed by atoms with E-state index in [9.17, 15) is 0 Å². The molecule has 0 fully saturated rings. The van der Waals surface area contributed by atoms with Gasteiger partial charge in [0.05, 0.1) is 0 Å². The highest BCUT2D eigenvalue weighted by molar-refractivity contribution is 5.56. The predicted octanol–water partition coefficient (Wildman–Crippen LogP) is 3.73. The van der Waals surface area contributed by atoms with Crippen molar-refractivity contribution < 1.29 is 0 Å². The van der Waals surface area contributed by atoms with Crippen LogP contribution in [0, 0.1) is 5.92 Å². The number of nitrogens with zero attached hydrogens (tertiary/aromatic N) is 2. The van der Waals surface area contributed by atoms with Gasteiger partial charge < -0.3 is 10.7 Å². The zero-order chi connectivity index (χ0) is 15.5. The number of hydrazine groups is 1. The van der Waals surface area contributed by atoms with Gasteiger partial charge in [0, 0.05) is 12.1 Å². The molecule has 4 N–H and O–H groups in total. The second kappa shape index (κ2) is 10.4. The number of nitrogen functional groups attached to an aromatic ring is 1.